The first kappa shape index (κ1) is 47.4. The second-order valence-electron chi connectivity index (χ2n) is 21.1. The number of rotatable bonds is 10. The zero-order chi connectivity index (χ0) is 46.9. The standard InChI is InChI=1S/C52H70N8O5S/c1-32(34-15-17-36(18-16-34)45-33(2)54-31-66-45)55-48(63)43-28-39(61)30-60(43)50(65)46(51(3,4)5)52(6)21-9-11-35(12-10-22-52)37-19-20-38(27-37)49(64)59-25-23-58(24-26-59)42-29-41(56-57-47(42)53)40-13-7-8-14-44(40)62/h7-8,13-18,29,31-32,35,37-39,43,46,61-62H,9-12,19-28,30H2,1-6H3,(H2,53,57)(H,55,63)/t32-,35?,37?,38?,39+,43-,46?,52?/m0/s1. The van der Waals surface area contributed by atoms with Crippen LogP contribution < -0.4 is 16.0 Å². The van der Waals surface area contributed by atoms with Crippen molar-refractivity contribution in [3.63, 3.8) is 0 Å². The van der Waals surface area contributed by atoms with Gasteiger partial charge in [-0.15, -0.1) is 21.5 Å². The van der Waals surface area contributed by atoms with E-state index in [0.717, 1.165) is 85.2 Å². The molecule has 4 aromatic rings. The Morgan fingerprint density at radius 2 is 1.62 bits per heavy atom. The molecule has 3 amide bonds. The number of para-hydroxylation sites is 1. The maximum absolute atomic E-state index is 14.9. The Kier molecular flexibility index (Phi) is 14.1. The number of carbonyl (C=O) groups is 3. The molecule has 4 fully saturated rings. The van der Waals surface area contributed by atoms with E-state index in [0.29, 0.717) is 55.1 Å². The number of benzene rings is 2. The van der Waals surface area contributed by atoms with Gasteiger partial charge in [0.15, 0.2) is 5.82 Å². The number of aryl methyl sites for hydroxylation is 1. The summed E-state index contributed by atoms with van der Waals surface area (Å²) in [6.07, 6.45) is 8.46. The van der Waals surface area contributed by atoms with E-state index in [1.165, 1.54) is 0 Å². The number of nitrogen functional groups attached to an aromatic ring is 1. The van der Waals surface area contributed by atoms with E-state index in [4.69, 9.17) is 5.73 Å². The minimum Gasteiger partial charge on any atom is -0.507 e. The van der Waals surface area contributed by atoms with Gasteiger partial charge in [0.05, 0.1) is 39.6 Å². The van der Waals surface area contributed by atoms with Crippen molar-refractivity contribution in [2.24, 2.45) is 34.5 Å². The number of thiazole rings is 1. The Hall–Kier alpha value is -5.08. The molecule has 13 nitrogen and oxygen atoms in total. The molecule has 4 aliphatic rings. The SMILES string of the molecule is Cc1ncsc1-c1ccc([C@H](C)NC(=O)[C@@H]2C[C@@H](O)CN2C(=O)C(C(C)(C)C)C2(C)CCCC(C3CCC(C(=O)N4CCN(c5cc(-c6ccccc6O)nnc5N)CC4)C3)CCC2)cc1. The molecule has 0 spiro atoms. The van der Waals surface area contributed by atoms with Crippen LogP contribution in [-0.4, -0.2) is 97.8 Å². The summed E-state index contributed by atoms with van der Waals surface area (Å²) in [5.74, 6) is 1.30. The average Bonchev–Trinajstić information content (AvgIpc) is 4.05. The average molecular weight is 919 g/mol. The molecular weight excluding hydrogens is 849 g/mol. The third-order valence-electron chi connectivity index (χ3n) is 15.5. The van der Waals surface area contributed by atoms with Gasteiger partial charge in [-0.2, -0.15) is 0 Å². The maximum atomic E-state index is 14.9. The zero-order valence-corrected chi connectivity index (χ0v) is 40.5. The number of nitrogens with zero attached hydrogens (tertiary/aromatic N) is 6. The first-order valence-corrected chi connectivity index (χ1v) is 25.1. The second kappa shape index (κ2) is 19.6. The molecule has 4 heterocycles. The monoisotopic (exact) mass is 919 g/mol. The Balaban J connectivity index is 0.846. The molecular formula is C52H70N8O5S. The minimum atomic E-state index is -0.755. The van der Waals surface area contributed by atoms with E-state index in [1.807, 2.05) is 48.5 Å². The van der Waals surface area contributed by atoms with Gasteiger partial charge in [0.1, 0.15) is 11.8 Å². The lowest BCUT2D eigenvalue weighted by molar-refractivity contribution is -0.151. The van der Waals surface area contributed by atoms with E-state index in [9.17, 15) is 24.6 Å². The summed E-state index contributed by atoms with van der Waals surface area (Å²) in [7, 11) is 0. The van der Waals surface area contributed by atoms with Crippen LogP contribution in [0, 0.1) is 41.4 Å². The number of aliphatic hydroxyl groups excluding tert-OH is 1. The van der Waals surface area contributed by atoms with Gasteiger partial charge in [0.25, 0.3) is 0 Å². The number of hydrogen-bond donors (Lipinski definition) is 4. The molecule has 0 radical (unpaired) electrons. The molecule has 2 aliphatic heterocycles. The number of phenols is 1. The predicted molar refractivity (Wildman–Crippen MR) is 260 cm³/mol. The normalized spacial score (nSPS) is 26.1. The molecule has 14 heteroatoms. The molecule has 0 bridgehead atoms. The molecule has 2 aliphatic carbocycles. The molecule has 2 saturated carbocycles. The lowest BCUT2D eigenvalue weighted by atomic mass is 9.59. The van der Waals surface area contributed by atoms with Crippen LogP contribution in [0.5, 0.6) is 5.75 Å². The van der Waals surface area contributed by atoms with E-state index < -0.39 is 12.1 Å². The van der Waals surface area contributed by atoms with Gasteiger partial charge < -0.3 is 36.0 Å². The molecule has 8 rings (SSSR count). The summed E-state index contributed by atoms with van der Waals surface area (Å²) in [5.41, 5.74) is 12.5. The van der Waals surface area contributed by atoms with Crippen molar-refractivity contribution in [1.82, 2.24) is 30.3 Å². The number of likely N-dealkylation sites (tertiary alicyclic amines) is 1. The highest BCUT2D eigenvalue weighted by Gasteiger charge is 2.51. The number of aromatic nitrogens is 3. The van der Waals surface area contributed by atoms with Crippen molar-refractivity contribution < 1.29 is 24.6 Å². The summed E-state index contributed by atoms with van der Waals surface area (Å²) in [4.78, 5) is 54.3. The molecule has 66 heavy (non-hydrogen) atoms. The first-order valence-electron chi connectivity index (χ1n) is 24.3. The third-order valence-corrected chi connectivity index (χ3v) is 16.5. The van der Waals surface area contributed by atoms with Crippen molar-refractivity contribution in [3.8, 4) is 27.4 Å². The lowest BCUT2D eigenvalue weighted by Gasteiger charge is -2.47. The molecule has 3 unspecified atom stereocenters. The Bertz CT molecular complexity index is 2350. The van der Waals surface area contributed by atoms with E-state index in [2.05, 4.69) is 65.2 Å². The van der Waals surface area contributed by atoms with Crippen LogP contribution in [0.1, 0.15) is 116 Å². The van der Waals surface area contributed by atoms with Crippen LogP contribution >= 0.6 is 11.3 Å². The molecule has 6 atom stereocenters. The Labute approximate surface area is 394 Å². The molecule has 354 valence electrons. The zero-order valence-electron chi connectivity index (χ0n) is 39.7. The topological polar surface area (TPSA) is 178 Å². The van der Waals surface area contributed by atoms with Gasteiger partial charge in [0, 0.05) is 56.5 Å². The summed E-state index contributed by atoms with van der Waals surface area (Å²) in [5, 5.41) is 33.0. The van der Waals surface area contributed by atoms with Crippen molar-refractivity contribution in [3.05, 3.63) is 71.4 Å². The lowest BCUT2D eigenvalue weighted by Crippen LogP contribution is -2.54. The van der Waals surface area contributed by atoms with Gasteiger partial charge >= 0.3 is 0 Å². The Morgan fingerprint density at radius 1 is 0.924 bits per heavy atom. The number of piperazine rings is 1. The number of aromatic hydroxyl groups is 1. The highest BCUT2D eigenvalue weighted by Crippen LogP contribution is 2.51. The van der Waals surface area contributed by atoms with E-state index in [1.54, 1.807) is 34.4 Å². The molecule has 2 saturated heterocycles. The number of nitrogens with two attached hydrogens (primary N) is 1. The van der Waals surface area contributed by atoms with Crippen LogP contribution in [0.25, 0.3) is 21.7 Å². The summed E-state index contributed by atoms with van der Waals surface area (Å²) in [6.45, 7) is 15.4. The van der Waals surface area contributed by atoms with Gasteiger partial charge in [-0.05, 0) is 97.9 Å². The second-order valence-corrected chi connectivity index (χ2v) is 22.0. The number of carbonyl (C=O) groups excluding carboxylic acids is 3. The van der Waals surface area contributed by atoms with Gasteiger partial charge in [-0.25, -0.2) is 4.98 Å². The summed E-state index contributed by atoms with van der Waals surface area (Å²) >= 11 is 1.61. The van der Waals surface area contributed by atoms with Crippen LogP contribution in [0.2, 0.25) is 0 Å². The summed E-state index contributed by atoms with van der Waals surface area (Å²) in [6, 6.07) is 16.1. The van der Waals surface area contributed by atoms with Crippen LogP contribution in [-0.2, 0) is 14.4 Å². The van der Waals surface area contributed by atoms with Crippen LogP contribution in [0.15, 0.2) is 60.1 Å². The Morgan fingerprint density at radius 3 is 2.27 bits per heavy atom. The van der Waals surface area contributed by atoms with E-state index in [-0.39, 0.29) is 65.1 Å². The quantitative estimate of drug-likeness (QED) is 0.121. The van der Waals surface area contributed by atoms with E-state index >= 15 is 0 Å². The maximum Gasteiger partial charge on any atom is 0.243 e. The van der Waals surface area contributed by atoms with Crippen molar-refractivity contribution in [1.29, 1.82) is 0 Å². The van der Waals surface area contributed by atoms with Crippen molar-refractivity contribution >= 4 is 40.6 Å². The minimum absolute atomic E-state index is 0.0214. The summed E-state index contributed by atoms with van der Waals surface area (Å²) < 4.78 is 0. The number of anilines is 2. The van der Waals surface area contributed by atoms with Crippen molar-refractivity contribution in [2.45, 2.75) is 124 Å². The number of β-amino-alcohol motifs (C(OH)–C–C–N with tert-alkyl or cyclic N) is 1. The van der Waals surface area contributed by atoms with Gasteiger partial charge in [-0.3, -0.25) is 14.4 Å². The largest absolute Gasteiger partial charge is 0.507 e. The van der Waals surface area contributed by atoms with Crippen LogP contribution in [0.4, 0.5) is 11.5 Å². The third kappa shape index (κ3) is 10.1. The highest BCUT2D eigenvalue weighted by atomic mass is 32.1. The smallest absolute Gasteiger partial charge is 0.243 e. The first-order chi connectivity index (χ1) is 31.5. The van der Waals surface area contributed by atoms with Gasteiger partial charge in [0.2, 0.25) is 17.7 Å². The molecule has 5 N–H and O–H groups in total. The predicted octanol–water partition coefficient (Wildman–Crippen LogP) is 8.41. The van der Waals surface area contributed by atoms with Gasteiger partial charge in [-0.1, -0.05) is 89.8 Å². The highest BCUT2D eigenvalue weighted by molar-refractivity contribution is 7.13. The number of hydrogen-bond acceptors (Lipinski definition) is 11. The van der Waals surface area contributed by atoms with Crippen molar-refractivity contribution in [2.75, 3.05) is 43.4 Å². The van der Waals surface area contributed by atoms with Crippen LogP contribution in [0.3, 0.4) is 0 Å². The molecule has 2 aromatic heterocycles. The fourth-order valence-corrected chi connectivity index (χ4v) is 13.0. The number of amides is 3. The number of phenolic OH excluding ortho intramolecular Hbond substituents is 1. The molecule has 2 aromatic carbocycles. The fourth-order valence-electron chi connectivity index (χ4n) is 12.2. The number of aliphatic hydroxyl groups is 1. The fraction of sp³-hybridized carbons (Fsp3) is 0.577. The number of nitrogens with one attached hydrogen (secondary N) is 1.